The van der Waals surface area contributed by atoms with Crippen LogP contribution in [0.2, 0.25) is 0 Å². The molecule has 1 heterocycles. The van der Waals surface area contributed by atoms with Crippen LogP contribution in [0.4, 0.5) is 0 Å². The molecule has 3 nitrogen and oxygen atoms in total. The zero-order valence-corrected chi connectivity index (χ0v) is 12.2. The molecule has 2 aliphatic rings. The van der Waals surface area contributed by atoms with Crippen LogP contribution in [0.3, 0.4) is 0 Å². The molecule has 1 aliphatic carbocycles. The highest BCUT2D eigenvalue weighted by molar-refractivity contribution is 5.79. The van der Waals surface area contributed by atoms with Crippen LogP contribution in [-0.4, -0.2) is 30.0 Å². The van der Waals surface area contributed by atoms with E-state index in [1.54, 1.807) is 0 Å². The molecular weight excluding hydrogens is 250 g/mol. The molecule has 1 aromatic rings. The van der Waals surface area contributed by atoms with Gasteiger partial charge in [0.05, 0.1) is 0 Å². The van der Waals surface area contributed by atoms with Gasteiger partial charge in [0, 0.05) is 31.8 Å². The van der Waals surface area contributed by atoms with E-state index in [4.69, 9.17) is 4.74 Å². The number of amides is 1. The first-order chi connectivity index (χ1) is 9.72. The summed E-state index contributed by atoms with van der Waals surface area (Å²) in [6, 6.07) is 8.19. The SMILES string of the molecule is Cc1cccc(OC2CCN(C(=O)C3CCC3)CC2)c1. The molecule has 0 radical (unpaired) electrons. The van der Waals surface area contributed by atoms with Gasteiger partial charge in [-0.15, -0.1) is 0 Å². The van der Waals surface area contributed by atoms with Crippen LogP contribution in [0.25, 0.3) is 0 Å². The van der Waals surface area contributed by atoms with Gasteiger partial charge in [0.1, 0.15) is 11.9 Å². The van der Waals surface area contributed by atoms with Gasteiger partial charge in [0.25, 0.3) is 0 Å². The van der Waals surface area contributed by atoms with Crippen molar-refractivity contribution in [3.63, 3.8) is 0 Å². The first-order valence-corrected chi connectivity index (χ1v) is 7.74. The second-order valence-corrected chi connectivity index (χ2v) is 6.09. The summed E-state index contributed by atoms with van der Waals surface area (Å²) in [4.78, 5) is 14.2. The Bertz CT molecular complexity index is 474. The van der Waals surface area contributed by atoms with E-state index in [0.29, 0.717) is 11.8 Å². The van der Waals surface area contributed by atoms with E-state index in [9.17, 15) is 4.79 Å². The highest BCUT2D eigenvalue weighted by Gasteiger charge is 2.31. The van der Waals surface area contributed by atoms with Crippen molar-refractivity contribution in [2.45, 2.75) is 45.1 Å². The van der Waals surface area contributed by atoms with E-state index >= 15 is 0 Å². The standard InChI is InChI=1S/C17H23NO2/c1-13-4-2-7-16(12-13)20-15-8-10-18(11-9-15)17(19)14-5-3-6-14/h2,4,7,12,14-15H,3,5-6,8-11H2,1H3. The number of likely N-dealkylation sites (tertiary alicyclic amines) is 1. The molecule has 1 aromatic carbocycles. The molecule has 0 bridgehead atoms. The lowest BCUT2D eigenvalue weighted by Crippen LogP contribution is -2.45. The van der Waals surface area contributed by atoms with Gasteiger partial charge in [-0.2, -0.15) is 0 Å². The topological polar surface area (TPSA) is 29.5 Å². The minimum atomic E-state index is 0.252. The lowest BCUT2D eigenvalue weighted by atomic mass is 9.84. The van der Waals surface area contributed by atoms with Gasteiger partial charge >= 0.3 is 0 Å². The Morgan fingerprint density at radius 3 is 2.55 bits per heavy atom. The number of nitrogens with zero attached hydrogens (tertiary/aromatic N) is 1. The normalized spacial score (nSPS) is 20.6. The van der Waals surface area contributed by atoms with Gasteiger partial charge in [0.15, 0.2) is 0 Å². The molecule has 0 spiro atoms. The summed E-state index contributed by atoms with van der Waals surface area (Å²) in [5.74, 6) is 1.66. The van der Waals surface area contributed by atoms with Gasteiger partial charge in [-0.05, 0) is 37.5 Å². The maximum atomic E-state index is 12.2. The molecule has 3 rings (SSSR count). The molecule has 20 heavy (non-hydrogen) atoms. The number of carbonyl (C=O) groups excluding carboxylic acids is 1. The number of benzene rings is 1. The highest BCUT2D eigenvalue weighted by Crippen LogP contribution is 2.29. The smallest absolute Gasteiger partial charge is 0.225 e. The third kappa shape index (κ3) is 2.97. The second kappa shape index (κ2) is 5.86. The fourth-order valence-corrected chi connectivity index (χ4v) is 2.99. The van der Waals surface area contributed by atoms with Crippen LogP contribution in [0, 0.1) is 12.8 Å². The molecule has 1 saturated carbocycles. The van der Waals surface area contributed by atoms with Crippen LogP contribution in [0.1, 0.15) is 37.7 Å². The molecule has 3 heteroatoms. The third-order valence-electron chi connectivity index (χ3n) is 4.50. The molecule has 2 fully saturated rings. The Morgan fingerprint density at radius 2 is 1.95 bits per heavy atom. The molecule has 1 aliphatic heterocycles. The first kappa shape index (κ1) is 13.5. The number of carbonyl (C=O) groups is 1. The van der Waals surface area contributed by atoms with E-state index in [1.807, 2.05) is 17.0 Å². The molecular formula is C17H23NO2. The fraction of sp³-hybridized carbons (Fsp3) is 0.588. The van der Waals surface area contributed by atoms with Crippen molar-refractivity contribution in [3.8, 4) is 5.75 Å². The van der Waals surface area contributed by atoms with Gasteiger partial charge in [-0.1, -0.05) is 18.6 Å². The predicted molar refractivity (Wildman–Crippen MR) is 78.8 cm³/mol. The number of ether oxygens (including phenoxy) is 1. The molecule has 1 amide bonds. The summed E-state index contributed by atoms with van der Waals surface area (Å²) in [5, 5.41) is 0. The zero-order chi connectivity index (χ0) is 13.9. The summed E-state index contributed by atoms with van der Waals surface area (Å²) in [6.07, 6.45) is 5.57. The van der Waals surface area contributed by atoms with E-state index in [-0.39, 0.29) is 6.10 Å². The van der Waals surface area contributed by atoms with Crippen molar-refractivity contribution in [2.75, 3.05) is 13.1 Å². The summed E-state index contributed by atoms with van der Waals surface area (Å²) in [6.45, 7) is 3.78. The molecule has 108 valence electrons. The summed E-state index contributed by atoms with van der Waals surface area (Å²) in [7, 11) is 0. The average molecular weight is 273 g/mol. The lowest BCUT2D eigenvalue weighted by Gasteiger charge is -2.36. The minimum Gasteiger partial charge on any atom is -0.490 e. The summed E-state index contributed by atoms with van der Waals surface area (Å²) >= 11 is 0. The van der Waals surface area contributed by atoms with Crippen LogP contribution in [0.15, 0.2) is 24.3 Å². The average Bonchev–Trinajstić information content (AvgIpc) is 2.37. The maximum absolute atomic E-state index is 12.2. The van der Waals surface area contributed by atoms with Crippen molar-refractivity contribution in [1.29, 1.82) is 0 Å². The number of rotatable bonds is 3. The Morgan fingerprint density at radius 1 is 1.20 bits per heavy atom. The van der Waals surface area contributed by atoms with Crippen molar-refractivity contribution in [2.24, 2.45) is 5.92 Å². The fourth-order valence-electron chi connectivity index (χ4n) is 2.99. The van der Waals surface area contributed by atoms with Crippen LogP contribution < -0.4 is 4.74 Å². The maximum Gasteiger partial charge on any atom is 0.225 e. The minimum absolute atomic E-state index is 0.252. The van der Waals surface area contributed by atoms with Crippen molar-refractivity contribution in [1.82, 2.24) is 4.90 Å². The molecule has 0 aromatic heterocycles. The number of aryl methyl sites for hydroxylation is 1. The monoisotopic (exact) mass is 273 g/mol. The molecule has 0 N–H and O–H groups in total. The predicted octanol–water partition coefficient (Wildman–Crippen LogP) is 3.16. The third-order valence-corrected chi connectivity index (χ3v) is 4.50. The Hall–Kier alpha value is -1.51. The van der Waals surface area contributed by atoms with Crippen molar-refractivity contribution >= 4 is 5.91 Å². The Kier molecular flexibility index (Phi) is 3.95. The number of hydrogen-bond donors (Lipinski definition) is 0. The van der Waals surface area contributed by atoms with Gasteiger partial charge in [-0.3, -0.25) is 4.79 Å². The molecule has 1 saturated heterocycles. The van der Waals surface area contributed by atoms with E-state index in [2.05, 4.69) is 19.1 Å². The molecule has 0 unspecified atom stereocenters. The first-order valence-electron chi connectivity index (χ1n) is 7.74. The van der Waals surface area contributed by atoms with Crippen LogP contribution in [-0.2, 0) is 4.79 Å². The van der Waals surface area contributed by atoms with E-state index in [1.165, 1.54) is 12.0 Å². The molecule has 0 atom stereocenters. The van der Waals surface area contributed by atoms with Gasteiger partial charge < -0.3 is 9.64 Å². The van der Waals surface area contributed by atoms with Crippen molar-refractivity contribution < 1.29 is 9.53 Å². The lowest BCUT2D eigenvalue weighted by molar-refractivity contribution is -0.140. The summed E-state index contributed by atoms with van der Waals surface area (Å²) in [5.41, 5.74) is 1.22. The largest absolute Gasteiger partial charge is 0.490 e. The quantitative estimate of drug-likeness (QED) is 0.846. The van der Waals surface area contributed by atoms with E-state index < -0.39 is 0 Å². The zero-order valence-electron chi connectivity index (χ0n) is 12.2. The summed E-state index contributed by atoms with van der Waals surface area (Å²) < 4.78 is 6.03. The number of hydrogen-bond acceptors (Lipinski definition) is 2. The van der Waals surface area contributed by atoms with Gasteiger partial charge in [0.2, 0.25) is 5.91 Å². The van der Waals surface area contributed by atoms with Crippen molar-refractivity contribution in [3.05, 3.63) is 29.8 Å². The highest BCUT2D eigenvalue weighted by atomic mass is 16.5. The number of piperidine rings is 1. The van der Waals surface area contributed by atoms with E-state index in [0.717, 1.165) is 44.5 Å². The second-order valence-electron chi connectivity index (χ2n) is 6.09. The Balaban J connectivity index is 1.49. The van der Waals surface area contributed by atoms with Crippen LogP contribution >= 0.6 is 0 Å². The van der Waals surface area contributed by atoms with Gasteiger partial charge in [-0.25, -0.2) is 0 Å². The van der Waals surface area contributed by atoms with Crippen LogP contribution in [0.5, 0.6) is 5.75 Å². The Labute approximate surface area is 120 Å².